The highest BCUT2D eigenvalue weighted by Gasteiger charge is 2.28. The SMILES string of the molecule is O=C(c1ccc(N(Cc2ccccc2)Cc2ccccc2)c(C[N+](=O)[O-])c1Cl)c1ccc(N(Cc2ccccc2)Cc2ccccc2)c(C[N+](=O)[O-])c1Cl. The smallest absolute Gasteiger partial charge is 0.232 e. The maximum Gasteiger partial charge on any atom is 0.232 e. The highest BCUT2D eigenvalue weighted by Crippen LogP contribution is 2.38. The number of benzene rings is 6. The average molecular weight is 760 g/mol. The molecule has 0 atom stereocenters. The summed E-state index contributed by atoms with van der Waals surface area (Å²) >= 11 is 14.0. The minimum Gasteiger partial charge on any atom is -0.362 e. The third-order valence-corrected chi connectivity index (χ3v) is 9.91. The molecular formula is C43H36Cl2N4O5. The normalized spacial score (nSPS) is 10.9. The van der Waals surface area contributed by atoms with E-state index in [9.17, 15) is 25.0 Å². The Labute approximate surface area is 323 Å². The molecule has 0 aromatic heterocycles. The number of halogens is 2. The van der Waals surface area contributed by atoms with E-state index in [0.717, 1.165) is 22.3 Å². The number of hydrogen-bond donors (Lipinski definition) is 0. The van der Waals surface area contributed by atoms with Gasteiger partial charge in [-0.3, -0.25) is 25.0 Å². The Balaban J connectivity index is 1.42. The molecule has 0 spiro atoms. The van der Waals surface area contributed by atoms with Gasteiger partial charge in [-0.15, -0.1) is 0 Å². The predicted octanol–water partition coefficient (Wildman–Crippen LogP) is 10.2. The molecule has 11 heteroatoms. The summed E-state index contributed by atoms with van der Waals surface area (Å²) in [7, 11) is 0. The third kappa shape index (κ3) is 9.30. The summed E-state index contributed by atoms with van der Waals surface area (Å²) in [5.74, 6) is -0.604. The molecule has 0 bridgehead atoms. The molecule has 0 saturated heterocycles. The van der Waals surface area contributed by atoms with Gasteiger partial charge in [-0.25, -0.2) is 0 Å². The van der Waals surface area contributed by atoms with Crippen LogP contribution in [0, 0.1) is 20.2 Å². The van der Waals surface area contributed by atoms with Crippen LogP contribution in [-0.2, 0) is 39.3 Å². The van der Waals surface area contributed by atoms with Crippen molar-refractivity contribution >= 4 is 40.4 Å². The van der Waals surface area contributed by atoms with E-state index in [1.807, 2.05) is 131 Å². The van der Waals surface area contributed by atoms with Crippen molar-refractivity contribution in [2.45, 2.75) is 39.3 Å². The lowest BCUT2D eigenvalue weighted by Crippen LogP contribution is -2.25. The lowest BCUT2D eigenvalue weighted by Gasteiger charge is -2.28. The van der Waals surface area contributed by atoms with Gasteiger partial charge in [0, 0.05) is 58.5 Å². The Hall–Kier alpha value is -6.03. The van der Waals surface area contributed by atoms with E-state index in [0.29, 0.717) is 37.6 Å². The summed E-state index contributed by atoms with van der Waals surface area (Å²) in [6.45, 7) is 0.410. The topological polar surface area (TPSA) is 110 Å². The second kappa shape index (κ2) is 17.7. The Bertz CT molecular complexity index is 2000. The highest BCUT2D eigenvalue weighted by atomic mass is 35.5. The lowest BCUT2D eigenvalue weighted by molar-refractivity contribution is -0.496. The molecule has 6 rings (SSSR count). The fraction of sp³-hybridized carbons (Fsp3) is 0.140. The van der Waals surface area contributed by atoms with E-state index < -0.39 is 28.7 Å². The summed E-state index contributed by atoms with van der Waals surface area (Å²) in [5.41, 5.74) is 5.30. The largest absolute Gasteiger partial charge is 0.362 e. The van der Waals surface area contributed by atoms with Gasteiger partial charge in [-0.1, -0.05) is 145 Å². The molecule has 272 valence electrons. The average Bonchev–Trinajstić information content (AvgIpc) is 3.17. The fourth-order valence-electron chi connectivity index (χ4n) is 6.54. The molecule has 0 unspecified atom stereocenters. The standard InChI is InChI=1S/C43H36Cl2N4O5/c44-41-35(21-23-39(37(41)29-48(51)52)46(25-31-13-5-1-6-14-31)26-32-15-7-2-8-16-32)43(50)36-22-24-40(38(42(36)45)30-49(53)54)47(27-33-17-9-3-10-18-33)28-34-19-11-4-12-20-34/h1-24H,25-30H2. The fourth-order valence-corrected chi connectivity index (χ4v) is 7.15. The predicted molar refractivity (Wildman–Crippen MR) is 213 cm³/mol. The minimum atomic E-state index is -0.636. The highest BCUT2D eigenvalue weighted by molar-refractivity contribution is 6.39. The minimum absolute atomic E-state index is 0.00349. The zero-order chi connectivity index (χ0) is 38.0. The molecular weight excluding hydrogens is 723 g/mol. The first-order valence-corrected chi connectivity index (χ1v) is 18.0. The monoisotopic (exact) mass is 758 g/mol. The van der Waals surface area contributed by atoms with E-state index in [1.54, 1.807) is 24.3 Å². The van der Waals surface area contributed by atoms with Gasteiger partial charge in [-0.05, 0) is 46.5 Å². The molecule has 0 aliphatic carbocycles. The van der Waals surface area contributed by atoms with Crippen LogP contribution in [0.2, 0.25) is 10.0 Å². The number of nitrogens with zero attached hydrogens (tertiary/aromatic N) is 4. The maximum absolute atomic E-state index is 14.4. The molecule has 0 aliphatic heterocycles. The van der Waals surface area contributed by atoms with Crippen LogP contribution in [0.4, 0.5) is 11.4 Å². The first-order chi connectivity index (χ1) is 26.2. The number of carbonyl (C=O) groups is 1. The van der Waals surface area contributed by atoms with Gasteiger partial charge in [0.1, 0.15) is 0 Å². The van der Waals surface area contributed by atoms with Crippen LogP contribution in [0.1, 0.15) is 49.3 Å². The number of carbonyl (C=O) groups excluding carboxylic acids is 1. The van der Waals surface area contributed by atoms with Gasteiger partial charge in [0.15, 0.2) is 5.78 Å². The van der Waals surface area contributed by atoms with E-state index in [1.165, 1.54) is 0 Å². The maximum atomic E-state index is 14.4. The van der Waals surface area contributed by atoms with Crippen molar-refractivity contribution in [2.75, 3.05) is 9.80 Å². The molecule has 0 radical (unpaired) electrons. The van der Waals surface area contributed by atoms with Crippen molar-refractivity contribution in [3.05, 3.63) is 220 Å². The Morgan fingerprint density at radius 1 is 0.463 bits per heavy atom. The van der Waals surface area contributed by atoms with Crippen LogP contribution in [0.3, 0.4) is 0 Å². The van der Waals surface area contributed by atoms with Gasteiger partial charge < -0.3 is 9.80 Å². The van der Waals surface area contributed by atoms with Crippen LogP contribution >= 0.6 is 23.2 Å². The first-order valence-electron chi connectivity index (χ1n) is 17.2. The van der Waals surface area contributed by atoms with E-state index in [4.69, 9.17) is 23.2 Å². The molecule has 0 aliphatic rings. The Kier molecular flexibility index (Phi) is 12.3. The van der Waals surface area contributed by atoms with Gasteiger partial charge in [-0.2, -0.15) is 0 Å². The Morgan fingerprint density at radius 3 is 1.00 bits per heavy atom. The molecule has 0 saturated carbocycles. The van der Waals surface area contributed by atoms with Gasteiger partial charge in [0.25, 0.3) is 0 Å². The summed E-state index contributed by atoms with van der Waals surface area (Å²) in [6.07, 6.45) is 0. The molecule has 6 aromatic carbocycles. The van der Waals surface area contributed by atoms with Crippen LogP contribution in [0.5, 0.6) is 0 Å². The van der Waals surface area contributed by atoms with Gasteiger partial charge >= 0.3 is 0 Å². The molecule has 9 nitrogen and oxygen atoms in total. The van der Waals surface area contributed by atoms with Crippen LogP contribution < -0.4 is 9.80 Å². The van der Waals surface area contributed by atoms with Crippen LogP contribution in [-0.4, -0.2) is 15.6 Å². The molecule has 0 fully saturated rings. The van der Waals surface area contributed by atoms with Crippen molar-refractivity contribution in [2.24, 2.45) is 0 Å². The van der Waals surface area contributed by atoms with Crippen molar-refractivity contribution in [3.63, 3.8) is 0 Å². The molecule has 6 aromatic rings. The van der Waals surface area contributed by atoms with Crippen molar-refractivity contribution in [1.82, 2.24) is 0 Å². The second-order valence-electron chi connectivity index (χ2n) is 12.8. The third-order valence-electron chi connectivity index (χ3n) is 9.05. The van der Waals surface area contributed by atoms with Crippen molar-refractivity contribution < 1.29 is 14.6 Å². The van der Waals surface area contributed by atoms with Crippen LogP contribution in [0.25, 0.3) is 0 Å². The summed E-state index contributed by atoms with van der Waals surface area (Å²) in [6, 6.07) is 45.3. The van der Waals surface area contributed by atoms with E-state index in [2.05, 4.69) is 0 Å². The molecule has 54 heavy (non-hydrogen) atoms. The number of ketones is 1. The second-order valence-corrected chi connectivity index (χ2v) is 13.6. The quantitative estimate of drug-likeness (QED) is 0.0549. The van der Waals surface area contributed by atoms with Crippen molar-refractivity contribution in [1.29, 1.82) is 0 Å². The number of anilines is 2. The summed E-state index contributed by atoms with van der Waals surface area (Å²) in [4.78, 5) is 41.6. The van der Waals surface area contributed by atoms with Crippen LogP contribution in [0.15, 0.2) is 146 Å². The number of hydrogen-bond acceptors (Lipinski definition) is 7. The molecule has 0 heterocycles. The zero-order valence-electron chi connectivity index (χ0n) is 29.2. The number of rotatable bonds is 16. The van der Waals surface area contributed by atoms with Gasteiger partial charge in [0.2, 0.25) is 13.1 Å². The van der Waals surface area contributed by atoms with E-state index >= 15 is 0 Å². The number of nitro groups is 2. The summed E-state index contributed by atoms with van der Waals surface area (Å²) in [5, 5.41) is 24.0. The van der Waals surface area contributed by atoms with Gasteiger partial charge in [0.05, 0.1) is 21.2 Å². The lowest BCUT2D eigenvalue weighted by atomic mass is 9.96. The zero-order valence-corrected chi connectivity index (χ0v) is 30.7. The first kappa shape index (κ1) is 37.7. The van der Waals surface area contributed by atoms with E-state index in [-0.39, 0.29) is 32.3 Å². The molecule has 0 amide bonds. The summed E-state index contributed by atoms with van der Waals surface area (Å²) < 4.78 is 0. The Morgan fingerprint density at radius 2 is 0.741 bits per heavy atom. The molecule has 0 N–H and O–H groups in total. The van der Waals surface area contributed by atoms with Crippen molar-refractivity contribution in [3.8, 4) is 0 Å².